The minimum absolute atomic E-state index is 0.00787. The number of ketones is 1. The van der Waals surface area contributed by atoms with Crippen molar-refractivity contribution in [1.82, 2.24) is 24.9 Å². The van der Waals surface area contributed by atoms with Gasteiger partial charge < -0.3 is 24.9 Å². The van der Waals surface area contributed by atoms with Crippen molar-refractivity contribution in [3.8, 4) is 0 Å². The summed E-state index contributed by atoms with van der Waals surface area (Å²) in [7, 11) is 2.08. The molecule has 40 heavy (non-hydrogen) atoms. The highest BCUT2D eigenvalue weighted by Crippen LogP contribution is 2.31. The molecule has 0 aromatic heterocycles. The Hall–Kier alpha value is -2.98. The van der Waals surface area contributed by atoms with E-state index in [1.54, 1.807) is 9.80 Å². The molecule has 3 aliphatic heterocycles. The fourth-order valence-electron chi connectivity index (χ4n) is 6.17. The number of fused-ring (bicyclic) bond motifs is 1. The SMILES string of the molecule is CCN(CC)c1ccc(C(=O)NCCC(C)CC(=O)N2CCC3C2C(=O)CN3C(=O)CN2CCN(C)CC2)cc1. The molecular weight excluding hydrogens is 508 g/mol. The zero-order chi connectivity index (χ0) is 28.8. The molecule has 10 heteroatoms. The monoisotopic (exact) mass is 554 g/mol. The van der Waals surface area contributed by atoms with E-state index in [1.165, 1.54) is 0 Å². The van der Waals surface area contributed by atoms with Crippen LogP contribution in [-0.4, -0.2) is 128 Å². The van der Waals surface area contributed by atoms with Gasteiger partial charge in [-0.2, -0.15) is 0 Å². The largest absolute Gasteiger partial charge is 0.372 e. The van der Waals surface area contributed by atoms with E-state index in [0.29, 0.717) is 44.5 Å². The molecule has 0 spiro atoms. The summed E-state index contributed by atoms with van der Waals surface area (Å²) < 4.78 is 0. The predicted molar refractivity (Wildman–Crippen MR) is 155 cm³/mol. The number of likely N-dealkylation sites (tertiary alicyclic amines) is 2. The van der Waals surface area contributed by atoms with Gasteiger partial charge in [0.1, 0.15) is 6.04 Å². The lowest BCUT2D eigenvalue weighted by atomic mass is 10.0. The van der Waals surface area contributed by atoms with Crippen molar-refractivity contribution in [2.75, 3.05) is 77.4 Å². The minimum atomic E-state index is -0.518. The molecule has 3 unspecified atom stereocenters. The second-order valence-corrected chi connectivity index (χ2v) is 11.5. The number of rotatable bonds is 11. The Morgan fingerprint density at radius 3 is 2.30 bits per heavy atom. The number of nitrogens with one attached hydrogen (secondary N) is 1. The van der Waals surface area contributed by atoms with Crippen LogP contribution in [0, 0.1) is 5.92 Å². The first-order valence-electron chi connectivity index (χ1n) is 14.9. The maximum atomic E-state index is 13.2. The Bertz CT molecular complexity index is 1050. The van der Waals surface area contributed by atoms with E-state index in [0.717, 1.165) is 45.0 Å². The van der Waals surface area contributed by atoms with E-state index in [2.05, 4.69) is 40.9 Å². The van der Waals surface area contributed by atoms with Gasteiger partial charge in [0.25, 0.3) is 5.91 Å². The van der Waals surface area contributed by atoms with Crippen LogP contribution in [0.2, 0.25) is 0 Å². The highest BCUT2D eigenvalue weighted by molar-refractivity contribution is 5.98. The van der Waals surface area contributed by atoms with Gasteiger partial charge in [-0.25, -0.2) is 0 Å². The standard InChI is InChI=1S/C30H46N6O4/c1-5-34(6-2)24-9-7-23(8-10-24)30(40)31-13-11-22(3)19-27(38)35-14-12-25-29(35)26(37)20-36(25)28(39)21-33-17-15-32(4)16-18-33/h7-10,22,25,29H,5-6,11-21H2,1-4H3,(H,31,40). The van der Waals surface area contributed by atoms with Crippen LogP contribution in [-0.2, 0) is 14.4 Å². The average Bonchev–Trinajstić information content (AvgIpc) is 3.52. The van der Waals surface area contributed by atoms with E-state index < -0.39 is 6.04 Å². The Morgan fingerprint density at radius 2 is 1.65 bits per heavy atom. The molecule has 1 aromatic carbocycles. The summed E-state index contributed by atoms with van der Waals surface area (Å²) in [6.07, 6.45) is 1.63. The van der Waals surface area contributed by atoms with Gasteiger partial charge in [0, 0.05) is 70.0 Å². The number of piperazine rings is 1. The number of carbonyl (C=O) groups is 4. The Morgan fingerprint density at radius 1 is 0.975 bits per heavy atom. The van der Waals surface area contributed by atoms with Crippen LogP contribution in [0.5, 0.6) is 0 Å². The molecule has 4 rings (SSSR count). The molecule has 1 N–H and O–H groups in total. The third-order valence-corrected chi connectivity index (χ3v) is 8.72. The first-order chi connectivity index (χ1) is 19.2. The van der Waals surface area contributed by atoms with E-state index in [-0.39, 0.29) is 42.0 Å². The van der Waals surface area contributed by atoms with Gasteiger partial charge in [-0.3, -0.25) is 24.1 Å². The van der Waals surface area contributed by atoms with Crippen molar-refractivity contribution in [3.05, 3.63) is 29.8 Å². The van der Waals surface area contributed by atoms with E-state index in [9.17, 15) is 19.2 Å². The van der Waals surface area contributed by atoms with E-state index in [4.69, 9.17) is 0 Å². The Kier molecular flexibility index (Phi) is 10.2. The van der Waals surface area contributed by atoms with Gasteiger partial charge in [0.15, 0.2) is 5.78 Å². The Balaban J connectivity index is 1.21. The average molecular weight is 555 g/mol. The fourth-order valence-corrected chi connectivity index (χ4v) is 6.17. The molecule has 3 saturated heterocycles. The number of hydrogen-bond acceptors (Lipinski definition) is 7. The van der Waals surface area contributed by atoms with Gasteiger partial charge >= 0.3 is 0 Å². The van der Waals surface area contributed by atoms with Crippen molar-refractivity contribution in [1.29, 1.82) is 0 Å². The van der Waals surface area contributed by atoms with Crippen molar-refractivity contribution in [3.63, 3.8) is 0 Å². The van der Waals surface area contributed by atoms with Crippen molar-refractivity contribution < 1.29 is 19.2 Å². The van der Waals surface area contributed by atoms with Crippen LogP contribution in [0.15, 0.2) is 24.3 Å². The molecule has 10 nitrogen and oxygen atoms in total. The predicted octanol–water partition coefficient (Wildman–Crippen LogP) is 1.31. The molecule has 3 aliphatic rings. The van der Waals surface area contributed by atoms with Gasteiger partial charge in [0.2, 0.25) is 11.8 Å². The maximum Gasteiger partial charge on any atom is 0.251 e. The number of likely N-dealkylation sites (N-methyl/N-ethyl adjacent to an activating group) is 1. The molecule has 1 aromatic rings. The van der Waals surface area contributed by atoms with Crippen molar-refractivity contribution in [2.24, 2.45) is 5.92 Å². The topological polar surface area (TPSA) is 96.5 Å². The fraction of sp³-hybridized carbons (Fsp3) is 0.667. The molecular formula is C30H46N6O4. The van der Waals surface area contributed by atoms with E-state index in [1.807, 2.05) is 31.2 Å². The van der Waals surface area contributed by atoms with Crippen LogP contribution in [0.3, 0.4) is 0 Å². The second-order valence-electron chi connectivity index (χ2n) is 11.5. The number of anilines is 1. The lowest BCUT2D eigenvalue weighted by molar-refractivity contribution is -0.137. The number of hydrogen-bond donors (Lipinski definition) is 1. The highest BCUT2D eigenvalue weighted by Gasteiger charge is 2.51. The first-order valence-corrected chi connectivity index (χ1v) is 14.9. The molecule has 3 fully saturated rings. The molecule has 3 atom stereocenters. The zero-order valence-electron chi connectivity index (χ0n) is 24.6. The first kappa shape index (κ1) is 30.0. The van der Waals surface area contributed by atoms with Crippen LogP contribution >= 0.6 is 0 Å². The van der Waals surface area contributed by atoms with Crippen molar-refractivity contribution in [2.45, 2.75) is 52.1 Å². The third-order valence-electron chi connectivity index (χ3n) is 8.72. The molecule has 3 heterocycles. The summed E-state index contributed by atoms with van der Waals surface area (Å²) in [6.45, 7) is 13.0. The minimum Gasteiger partial charge on any atom is -0.372 e. The van der Waals surface area contributed by atoms with Crippen molar-refractivity contribution >= 4 is 29.2 Å². The maximum absolute atomic E-state index is 13.2. The molecule has 0 aliphatic carbocycles. The summed E-state index contributed by atoms with van der Waals surface area (Å²) in [4.78, 5) is 61.8. The molecule has 220 valence electrons. The van der Waals surface area contributed by atoms with Gasteiger partial charge in [0.05, 0.1) is 19.1 Å². The molecule has 0 radical (unpaired) electrons. The lowest BCUT2D eigenvalue weighted by Gasteiger charge is -2.33. The number of carbonyl (C=O) groups excluding carboxylic acids is 4. The summed E-state index contributed by atoms with van der Waals surface area (Å²) >= 11 is 0. The van der Waals surface area contributed by atoms with E-state index >= 15 is 0 Å². The molecule has 0 saturated carbocycles. The molecule has 0 bridgehead atoms. The Labute approximate surface area is 238 Å². The third kappa shape index (κ3) is 7.01. The van der Waals surface area contributed by atoms with Gasteiger partial charge in [-0.15, -0.1) is 0 Å². The number of Topliss-reactive ketones (excluding diaryl/α,β-unsaturated/α-hetero) is 1. The number of benzene rings is 1. The summed E-state index contributed by atoms with van der Waals surface area (Å²) in [5.41, 5.74) is 1.72. The second kappa shape index (κ2) is 13.6. The van der Waals surface area contributed by atoms with Gasteiger partial charge in [-0.05, 0) is 63.9 Å². The normalized spacial score (nSPS) is 22.4. The smallest absolute Gasteiger partial charge is 0.251 e. The summed E-state index contributed by atoms with van der Waals surface area (Å²) in [6, 6.07) is 6.90. The lowest BCUT2D eigenvalue weighted by Crippen LogP contribution is -2.50. The summed E-state index contributed by atoms with van der Waals surface area (Å²) in [5, 5.41) is 2.97. The summed E-state index contributed by atoms with van der Waals surface area (Å²) in [5.74, 6) is -0.144. The van der Waals surface area contributed by atoms with Crippen LogP contribution < -0.4 is 10.2 Å². The number of amides is 3. The van der Waals surface area contributed by atoms with Crippen LogP contribution in [0.4, 0.5) is 5.69 Å². The van der Waals surface area contributed by atoms with Gasteiger partial charge in [-0.1, -0.05) is 6.92 Å². The molecule has 3 amide bonds. The van der Waals surface area contributed by atoms with Crippen LogP contribution in [0.1, 0.15) is 50.4 Å². The van der Waals surface area contributed by atoms with Crippen LogP contribution in [0.25, 0.3) is 0 Å². The zero-order valence-corrected chi connectivity index (χ0v) is 24.6. The number of nitrogens with zero attached hydrogens (tertiary/aromatic N) is 5. The highest BCUT2D eigenvalue weighted by atomic mass is 16.2. The quantitative estimate of drug-likeness (QED) is 0.441.